The highest BCUT2D eigenvalue weighted by atomic mass is 32.1. The summed E-state index contributed by atoms with van der Waals surface area (Å²) in [4.78, 5) is 12.7. The number of fused-ring (bicyclic) bond motifs is 1. The SMILES string of the molecule is CCCc1cc(NC(=O)c2cc3c(F)cccc3s2)n[nH]1. The van der Waals surface area contributed by atoms with Crippen molar-refractivity contribution in [3.63, 3.8) is 0 Å². The van der Waals surface area contributed by atoms with Gasteiger partial charge in [0.15, 0.2) is 5.82 Å². The van der Waals surface area contributed by atoms with E-state index in [2.05, 4.69) is 22.4 Å². The number of carbonyl (C=O) groups is 1. The van der Waals surface area contributed by atoms with Crippen molar-refractivity contribution in [1.29, 1.82) is 0 Å². The molecule has 0 saturated carbocycles. The molecular formula is C15H14FN3OS. The molecule has 0 aliphatic carbocycles. The highest BCUT2D eigenvalue weighted by molar-refractivity contribution is 7.20. The number of nitrogens with one attached hydrogen (secondary N) is 2. The Morgan fingerprint density at radius 2 is 2.29 bits per heavy atom. The summed E-state index contributed by atoms with van der Waals surface area (Å²) in [6, 6.07) is 8.22. The van der Waals surface area contributed by atoms with Crippen molar-refractivity contribution in [2.75, 3.05) is 5.32 Å². The molecule has 0 saturated heterocycles. The van der Waals surface area contributed by atoms with E-state index in [0.29, 0.717) is 16.1 Å². The smallest absolute Gasteiger partial charge is 0.266 e. The number of nitrogens with zero attached hydrogens (tertiary/aromatic N) is 1. The molecule has 2 N–H and O–H groups in total. The van der Waals surface area contributed by atoms with Crippen LogP contribution in [0.25, 0.3) is 10.1 Å². The number of benzene rings is 1. The molecule has 3 aromatic rings. The largest absolute Gasteiger partial charge is 0.304 e. The predicted molar refractivity (Wildman–Crippen MR) is 82.3 cm³/mol. The summed E-state index contributed by atoms with van der Waals surface area (Å²) in [5.41, 5.74) is 0.982. The van der Waals surface area contributed by atoms with Gasteiger partial charge in [0, 0.05) is 21.8 Å². The Balaban J connectivity index is 1.81. The number of hydrogen-bond acceptors (Lipinski definition) is 3. The summed E-state index contributed by atoms with van der Waals surface area (Å²) in [5, 5.41) is 10.1. The maximum atomic E-state index is 13.6. The van der Waals surface area contributed by atoms with Gasteiger partial charge in [-0.15, -0.1) is 11.3 Å². The molecule has 108 valence electrons. The van der Waals surface area contributed by atoms with Gasteiger partial charge in [0.1, 0.15) is 5.82 Å². The standard InChI is InChI=1S/C15H14FN3OS/c1-2-4-9-7-14(19-18-9)17-15(20)13-8-10-11(16)5-3-6-12(10)21-13/h3,5-8H,2,4H2,1H3,(H2,17,18,19,20). The van der Waals surface area contributed by atoms with Crippen LogP contribution in [0.5, 0.6) is 0 Å². The van der Waals surface area contributed by atoms with E-state index in [1.165, 1.54) is 17.4 Å². The molecule has 3 rings (SSSR count). The molecule has 0 aliphatic rings. The summed E-state index contributed by atoms with van der Waals surface area (Å²) in [6.45, 7) is 2.07. The van der Waals surface area contributed by atoms with Gasteiger partial charge in [-0.05, 0) is 24.6 Å². The maximum Gasteiger partial charge on any atom is 0.266 e. The first kappa shape index (κ1) is 13.8. The lowest BCUT2D eigenvalue weighted by molar-refractivity contribution is 0.103. The number of hydrogen-bond donors (Lipinski definition) is 2. The molecule has 0 unspecified atom stereocenters. The van der Waals surface area contributed by atoms with E-state index in [0.717, 1.165) is 23.2 Å². The average molecular weight is 303 g/mol. The Kier molecular flexibility index (Phi) is 3.70. The van der Waals surface area contributed by atoms with Crippen molar-refractivity contribution >= 4 is 33.1 Å². The lowest BCUT2D eigenvalue weighted by atomic mass is 10.2. The number of amides is 1. The van der Waals surface area contributed by atoms with E-state index >= 15 is 0 Å². The van der Waals surface area contributed by atoms with Crippen molar-refractivity contribution in [3.8, 4) is 0 Å². The monoisotopic (exact) mass is 303 g/mol. The van der Waals surface area contributed by atoms with Crippen molar-refractivity contribution in [2.45, 2.75) is 19.8 Å². The molecule has 1 aromatic carbocycles. The van der Waals surface area contributed by atoms with Crippen LogP contribution >= 0.6 is 11.3 Å². The third-order valence-electron chi connectivity index (χ3n) is 3.12. The van der Waals surface area contributed by atoms with Crippen LogP contribution < -0.4 is 5.32 Å². The topological polar surface area (TPSA) is 57.8 Å². The second kappa shape index (κ2) is 5.65. The molecular weight excluding hydrogens is 289 g/mol. The minimum atomic E-state index is -0.312. The van der Waals surface area contributed by atoms with E-state index in [-0.39, 0.29) is 11.7 Å². The quantitative estimate of drug-likeness (QED) is 0.766. The molecule has 0 aliphatic heterocycles. The first-order chi connectivity index (χ1) is 10.2. The minimum absolute atomic E-state index is 0.273. The van der Waals surface area contributed by atoms with Crippen LogP contribution in [-0.4, -0.2) is 16.1 Å². The fourth-order valence-electron chi connectivity index (χ4n) is 2.14. The number of aryl methyl sites for hydroxylation is 1. The van der Waals surface area contributed by atoms with Crippen LogP contribution in [0.15, 0.2) is 30.3 Å². The Morgan fingerprint density at radius 1 is 1.43 bits per heavy atom. The summed E-state index contributed by atoms with van der Waals surface area (Å²) in [7, 11) is 0. The Morgan fingerprint density at radius 3 is 3.05 bits per heavy atom. The number of rotatable bonds is 4. The van der Waals surface area contributed by atoms with Crippen molar-refractivity contribution in [1.82, 2.24) is 10.2 Å². The molecule has 2 heterocycles. The number of aromatic nitrogens is 2. The number of carbonyl (C=O) groups excluding carboxylic acids is 1. The zero-order valence-corrected chi connectivity index (χ0v) is 12.3. The second-order valence-corrected chi connectivity index (χ2v) is 5.83. The van der Waals surface area contributed by atoms with Crippen LogP contribution in [0, 0.1) is 5.82 Å². The molecule has 0 fully saturated rings. The van der Waals surface area contributed by atoms with Crippen LogP contribution in [0.1, 0.15) is 28.7 Å². The number of halogens is 1. The zero-order chi connectivity index (χ0) is 14.8. The van der Waals surface area contributed by atoms with Crippen molar-refractivity contribution in [2.24, 2.45) is 0 Å². The van der Waals surface area contributed by atoms with Gasteiger partial charge in [0.25, 0.3) is 5.91 Å². The number of thiophene rings is 1. The van der Waals surface area contributed by atoms with E-state index < -0.39 is 0 Å². The van der Waals surface area contributed by atoms with Gasteiger partial charge in [-0.1, -0.05) is 19.4 Å². The van der Waals surface area contributed by atoms with Crippen LogP contribution in [0.3, 0.4) is 0 Å². The molecule has 0 bridgehead atoms. The number of aromatic amines is 1. The summed E-state index contributed by atoms with van der Waals surface area (Å²) in [6.07, 6.45) is 1.89. The first-order valence-corrected chi connectivity index (χ1v) is 7.52. The molecule has 21 heavy (non-hydrogen) atoms. The van der Waals surface area contributed by atoms with Gasteiger partial charge in [-0.2, -0.15) is 5.10 Å². The fourth-order valence-corrected chi connectivity index (χ4v) is 3.11. The lowest BCUT2D eigenvalue weighted by Crippen LogP contribution is -2.10. The molecule has 0 radical (unpaired) electrons. The van der Waals surface area contributed by atoms with Crippen molar-refractivity contribution in [3.05, 3.63) is 46.7 Å². The van der Waals surface area contributed by atoms with Crippen LogP contribution in [0.4, 0.5) is 10.2 Å². The molecule has 0 atom stereocenters. The molecule has 4 nitrogen and oxygen atoms in total. The lowest BCUT2D eigenvalue weighted by Gasteiger charge is -1.97. The van der Waals surface area contributed by atoms with E-state index in [4.69, 9.17) is 0 Å². The molecule has 6 heteroatoms. The van der Waals surface area contributed by atoms with Crippen LogP contribution in [0.2, 0.25) is 0 Å². The highest BCUT2D eigenvalue weighted by Crippen LogP contribution is 2.28. The Bertz CT molecular complexity index is 793. The predicted octanol–water partition coefficient (Wildman–Crippen LogP) is 3.97. The minimum Gasteiger partial charge on any atom is -0.304 e. The van der Waals surface area contributed by atoms with E-state index in [1.54, 1.807) is 18.2 Å². The number of anilines is 1. The normalized spacial score (nSPS) is 11.0. The van der Waals surface area contributed by atoms with Gasteiger partial charge >= 0.3 is 0 Å². The fraction of sp³-hybridized carbons (Fsp3) is 0.200. The average Bonchev–Trinajstić information content (AvgIpc) is 3.07. The van der Waals surface area contributed by atoms with Gasteiger partial charge in [-0.25, -0.2) is 4.39 Å². The van der Waals surface area contributed by atoms with E-state index in [1.807, 2.05) is 6.07 Å². The molecule has 0 spiro atoms. The first-order valence-electron chi connectivity index (χ1n) is 6.71. The van der Waals surface area contributed by atoms with E-state index in [9.17, 15) is 9.18 Å². The van der Waals surface area contributed by atoms with Crippen molar-refractivity contribution < 1.29 is 9.18 Å². The van der Waals surface area contributed by atoms with Gasteiger partial charge in [0.05, 0.1) is 4.88 Å². The third kappa shape index (κ3) is 2.80. The molecule has 1 amide bonds. The molecule has 2 aromatic heterocycles. The van der Waals surface area contributed by atoms with Gasteiger partial charge in [0.2, 0.25) is 0 Å². The van der Waals surface area contributed by atoms with Crippen LogP contribution in [-0.2, 0) is 6.42 Å². The number of H-pyrrole nitrogens is 1. The maximum absolute atomic E-state index is 13.6. The van der Waals surface area contributed by atoms with Gasteiger partial charge in [-0.3, -0.25) is 9.89 Å². The second-order valence-electron chi connectivity index (χ2n) is 4.74. The third-order valence-corrected chi connectivity index (χ3v) is 4.22. The zero-order valence-electron chi connectivity index (χ0n) is 11.4. The van der Waals surface area contributed by atoms with Gasteiger partial charge < -0.3 is 5.32 Å². The Hall–Kier alpha value is -2.21. The Labute approximate surface area is 125 Å². The summed E-state index contributed by atoms with van der Waals surface area (Å²) >= 11 is 1.27. The summed E-state index contributed by atoms with van der Waals surface area (Å²) in [5.74, 6) is -0.0978. The summed E-state index contributed by atoms with van der Waals surface area (Å²) < 4.78 is 14.4. The highest BCUT2D eigenvalue weighted by Gasteiger charge is 2.13.